The number of alkyl halides is 5. The highest BCUT2D eigenvalue weighted by atomic mass is 19.4. The molecule has 0 saturated carbocycles. The number of oxazole rings is 1. The van der Waals surface area contributed by atoms with Gasteiger partial charge in [0.1, 0.15) is 0 Å². The molecular formula is C6H2F5NO3. The second-order valence-electron chi connectivity index (χ2n) is 2.34. The quantitative estimate of drug-likeness (QED) is 0.793. The summed E-state index contributed by atoms with van der Waals surface area (Å²) in [7, 11) is 0. The first-order valence-corrected chi connectivity index (χ1v) is 3.33. The van der Waals surface area contributed by atoms with Gasteiger partial charge >= 0.3 is 18.0 Å². The summed E-state index contributed by atoms with van der Waals surface area (Å²) in [5, 5.41) is 8.20. The van der Waals surface area contributed by atoms with Crippen molar-refractivity contribution < 1.29 is 36.3 Å². The van der Waals surface area contributed by atoms with Gasteiger partial charge < -0.3 is 9.52 Å². The van der Waals surface area contributed by atoms with Crippen molar-refractivity contribution in [2.24, 2.45) is 0 Å². The number of carboxylic acid groups (broad SMARTS) is 1. The van der Waals surface area contributed by atoms with E-state index in [2.05, 4.69) is 9.40 Å². The summed E-state index contributed by atoms with van der Waals surface area (Å²) >= 11 is 0. The molecule has 4 nitrogen and oxygen atoms in total. The third-order valence-electron chi connectivity index (χ3n) is 1.30. The topological polar surface area (TPSA) is 63.3 Å². The minimum absolute atomic E-state index is 1.42. The maximum atomic E-state index is 12.0. The van der Waals surface area contributed by atoms with E-state index < -0.39 is 35.9 Å². The molecular weight excluding hydrogens is 229 g/mol. The standard InChI is InChI=1S/C6H2F5NO3/c7-3(8)1-2(6(9,10)11)12-4(15-1)5(13)14/h3H,(H,13,14). The van der Waals surface area contributed by atoms with E-state index in [9.17, 15) is 26.7 Å². The average Bonchev–Trinajstić information content (AvgIpc) is 2.45. The number of hydrogen-bond acceptors (Lipinski definition) is 3. The molecule has 1 aromatic heterocycles. The first-order chi connectivity index (χ1) is 6.73. The normalized spacial score (nSPS) is 12.1. The molecule has 0 aliphatic carbocycles. The molecule has 0 atom stereocenters. The first-order valence-electron chi connectivity index (χ1n) is 3.33. The van der Waals surface area contributed by atoms with E-state index in [0.717, 1.165) is 0 Å². The van der Waals surface area contributed by atoms with Crippen molar-refractivity contribution in [3.63, 3.8) is 0 Å². The van der Waals surface area contributed by atoms with Crippen LogP contribution in [0.5, 0.6) is 0 Å². The van der Waals surface area contributed by atoms with Crippen LogP contribution < -0.4 is 0 Å². The van der Waals surface area contributed by atoms with Gasteiger partial charge in [-0.1, -0.05) is 0 Å². The zero-order valence-electron chi connectivity index (χ0n) is 6.68. The Hall–Kier alpha value is -1.67. The van der Waals surface area contributed by atoms with Gasteiger partial charge in [0.2, 0.25) is 5.76 Å². The van der Waals surface area contributed by atoms with Gasteiger partial charge in [-0.05, 0) is 0 Å². The van der Waals surface area contributed by atoms with Gasteiger partial charge in [0.15, 0.2) is 5.69 Å². The van der Waals surface area contributed by atoms with Crippen LogP contribution in [-0.2, 0) is 6.18 Å². The fraction of sp³-hybridized carbons (Fsp3) is 0.333. The monoisotopic (exact) mass is 231 g/mol. The lowest BCUT2D eigenvalue weighted by Crippen LogP contribution is -2.09. The number of hydrogen-bond donors (Lipinski definition) is 1. The maximum absolute atomic E-state index is 12.0. The third kappa shape index (κ3) is 2.22. The summed E-state index contributed by atoms with van der Waals surface area (Å²) in [6.45, 7) is 0. The van der Waals surface area contributed by atoms with Crippen LogP contribution in [0.1, 0.15) is 28.6 Å². The van der Waals surface area contributed by atoms with E-state index in [1.165, 1.54) is 0 Å². The van der Waals surface area contributed by atoms with Gasteiger partial charge in [0, 0.05) is 0 Å². The average molecular weight is 231 g/mol. The summed E-state index contributed by atoms with van der Waals surface area (Å²) in [5.74, 6) is -5.16. The zero-order chi connectivity index (χ0) is 11.8. The molecule has 15 heavy (non-hydrogen) atoms. The van der Waals surface area contributed by atoms with Gasteiger partial charge in [-0.15, -0.1) is 0 Å². The van der Waals surface area contributed by atoms with Gasteiger partial charge in [-0.3, -0.25) is 0 Å². The fourth-order valence-electron chi connectivity index (χ4n) is 0.774. The van der Waals surface area contributed by atoms with E-state index in [0.29, 0.717) is 0 Å². The molecule has 0 bridgehead atoms. The SMILES string of the molecule is O=C(O)c1nc(C(F)(F)F)c(C(F)F)o1. The smallest absolute Gasteiger partial charge is 0.437 e. The highest BCUT2D eigenvalue weighted by Gasteiger charge is 2.42. The molecule has 0 unspecified atom stereocenters. The predicted molar refractivity (Wildman–Crippen MR) is 33.4 cm³/mol. The molecule has 0 aliphatic rings. The molecule has 1 heterocycles. The van der Waals surface area contributed by atoms with Crippen molar-refractivity contribution in [1.29, 1.82) is 0 Å². The minimum atomic E-state index is -5.18. The van der Waals surface area contributed by atoms with Crippen molar-refractivity contribution in [2.75, 3.05) is 0 Å². The van der Waals surface area contributed by atoms with E-state index in [4.69, 9.17) is 5.11 Å². The molecule has 0 saturated heterocycles. The van der Waals surface area contributed by atoms with E-state index in [-0.39, 0.29) is 0 Å². The fourth-order valence-corrected chi connectivity index (χ4v) is 0.774. The van der Waals surface area contributed by atoms with Crippen molar-refractivity contribution in [1.82, 2.24) is 4.98 Å². The number of carbonyl (C=O) groups is 1. The summed E-state index contributed by atoms with van der Waals surface area (Å²) < 4.78 is 63.9. The van der Waals surface area contributed by atoms with Crippen LogP contribution >= 0.6 is 0 Å². The number of rotatable bonds is 2. The predicted octanol–water partition coefficient (Wildman–Crippen LogP) is 2.33. The van der Waals surface area contributed by atoms with E-state index in [1.807, 2.05) is 0 Å². The highest BCUT2D eigenvalue weighted by Crippen LogP contribution is 2.36. The minimum Gasteiger partial charge on any atom is -0.474 e. The molecule has 0 radical (unpaired) electrons. The Morgan fingerprint density at radius 1 is 1.40 bits per heavy atom. The molecule has 1 aromatic rings. The second kappa shape index (κ2) is 3.48. The lowest BCUT2D eigenvalue weighted by atomic mass is 10.3. The van der Waals surface area contributed by atoms with Crippen molar-refractivity contribution in [2.45, 2.75) is 12.6 Å². The van der Waals surface area contributed by atoms with E-state index >= 15 is 0 Å². The lowest BCUT2D eigenvalue weighted by Gasteiger charge is -2.02. The first kappa shape index (κ1) is 11.4. The van der Waals surface area contributed by atoms with Crippen LogP contribution in [0.25, 0.3) is 0 Å². The number of nitrogens with zero attached hydrogens (tertiary/aromatic N) is 1. The molecule has 0 aliphatic heterocycles. The molecule has 0 spiro atoms. The molecule has 1 N–H and O–H groups in total. The number of carboxylic acids is 1. The van der Waals surface area contributed by atoms with Crippen LogP contribution in [0.3, 0.4) is 0 Å². The Kier molecular flexibility index (Phi) is 2.65. The number of halogens is 5. The van der Waals surface area contributed by atoms with Crippen molar-refractivity contribution in [3.8, 4) is 0 Å². The number of aromatic carboxylic acids is 1. The van der Waals surface area contributed by atoms with Crippen LogP contribution in [0.15, 0.2) is 4.42 Å². The summed E-state index contributed by atoms with van der Waals surface area (Å²) in [6, 6.07) is 0. The molecule has 0 fully saturated rings. The third-order valence-corrected chi connectivity index (χ3v) is 1.30. The zero-order valence-corrected chi connectivity index (χ0v) is 6.68. The Balaban J connectivity index is 3.30. The van der Waals surface area contributed by atoms with Crippen LogP contribution in [-0.4, -0.2) is 16.1 Å². The highest BCUT2D eigenvalue weighted by molar-refractivity contribution is 5.82. The van der Waals surface area contributed by atoms with Crippen molar-refractivity contribution in [3.05, 3.63) is 17.3 Å². The molecule has 84 valence electrons. The summed E-state index contributed by atoms with van der Waals surface area (Å²) in [5.41, 5.74) is -2.02. The van der Waals surface area contributed by atoms with E-state index in [1.54, 1.807) is 0 Å². The lowest BCUT2D eigenvalue weighted by molar-refractivity contribution is -0.143. The second-order valence-corrected chi connectivity index (χ2v) is 2.34. The van der Waals surface area contributed by atoms with Gasteiger partial charge in [0.05, 0.1) is 0 Å². The maximum Gasteiger partial charge on any atom is 0.437 e. The van der Waals surface area contributed by atoms with Crippen LogP contribution in [0.2, 0.25) is 0 Å². The van der Waals surface area contributed by atoms with Crippen molar-refractivity contribution >= 4 is 5.97 Å². The number of aromatic nitrogens is 1. The summed E-state index contributed by atoms with van der Waals surface area (Å²) in [6.07, 6.45) is -8.76. The van der Waals surface area contributed by atoms with Gasteiger partial charge in [-0.2, -0.15) is 18.2 Å². The van der Waals surface area contributed by atoms with Gasteiger partial charge in [0.25, 0.3) is 6.43 Å². The molecule has 0 amide bonds. The van der Waals surface area contributed by atoms with Crippen LogP contribution in [0, 0.1) is 0 Å². The Morgan fingerprint density at radius 2 is 1.93 bits per heavy atom. The Bertz CT molecular complexity index is 383. The summed E-state index contributed by atoms with van der Waals surface area (Å²) in [4.78, 5) is 12.6. The Morgan fingerprint density at radius 3 is 2.20 bits per heavy atom. The molecule has 1 rings (SSSR count). The molecule has 0 aromatic carbocycles. The molecule has 9 heteroatoms. The van der Waals surface area contributed by atoms with Gasteiger partial charge in [-0.25, -0.2) is 13.6 Å². The largest absolute Gasteiger partial charge is 0.474 e. The Labute approximate surface area is 78.3 Å². The van der Waals surface area contributed by atoms with Crippen LogP contribution in [0.4, 0.5) is 22.0 Å².